The summed E-state index contributed by atoms with van der Waals surface area (Å²) in [6.45, 7) is 5.43. The molecule has 0 fully saturated rings. The third kappa shape index (κ3) is 4.29. The van der Waals surface area contributed by atoms with E-state index in [2.05, 4.69) is 12.2 Å². The van der Waals surface area contributed by atoms with Gasteiger partial charge in [0.2, 0.25) is 0 Å². The molecule has 0 amide bonds. The van der Waals surface area contributed by atoms with Gasteiger partial charge >= 0.3 is 0 Å². The van der Waals surface area contributed by atoms with E-state index in [9.17, 15) is 0 Å². The topological polar surface area (TPSA) is 30.5 Å². The second kappa shape index (κ2) is 7.61. The first-order valence-corrected chi connectivity index (χ1v) is 7.48. The number of unbranched alkanes of at least 4 members (excludes halogenated alkanes) is 2. The first-order chi connectivity index (χ1) is 9.31. The van der Waals surface area contributed by atoms with Gasteiger partial charge in [0.1, 0.15) is 0 Å². The average Bonchev–Trinajstić information content (AvgIpc) is 2.64. The SMILES string of the molecule is CCCCCNCc1cc(Cl)c2c(c1)OCCCO2. The number of ether oxygens (including phenoxy) is 2. The maximum Gasteiger partial charge on any atom is 0.179 e. The molecule has 0 radical (unpaired) electrons. The van der Waals surface area contributed by atoms with E-state index in [0.29, 0.717) is 24.0 Å². The van der Waals surface area contributed by atoms with Crippen molar-refractivity contribution in [3.05, 3.63) is 22.7 Å². The molecule has 0 saturated carbocycles. The van der Waals surface area contributed by atoms with Gasteiger partial charge in [-0.1, -0.05) is 31.4 Å². The van der Waals surface area contributed by atoms with E-state index in [-0.39, 0.29) is 0 Å². The molecule has 106 valence electrons. The van der Waals surface area contributed by atoms with Crippen molar-refractivity contribution in [2.45, 2.75) is 39.2 Å². The number of hydrogen-bond acceptors (Lipinski definition) is 3. The van der Waals surface area contributed by atoms with Crippen molar-refractivity contribution in [3.63, 3.8) is 0 Å². The normalized spacial score (nSPS) is 14.2. The van der Waals surface area contributed by atoms with Gasteiger partial charge in [0.25, 0.3) is 0 Å². The Morgan fingerprint density at radius 2 is 2.05 bits per heavy atom. The molecule has 3 nitrogen and oxygen atoms in total. The lowest BCUT2D eigenvalue weighted by Gasteiger charge is -2.12. The highest BCUT2D eigenvalue weighted by molar-refractivity contribution is 6.32. The predicted molar refractivity (Wildman–Crippen MR) is 78.3 cm³/mol. The molecule has 0 aliphatic carbocycles. The molecule has 0 aromatic heterocycles. The Bertz CT molecular complexity index is 409. The Morgan fingerprint density at radius 3 is 2.89 bits per heavy atom. The summed E-state index contributed by atoms with van der Waals surface area (Å²) in [4.78, 5) is 0. The van der Waals surface area contributed by atoms with E-state index in [4.69, 9.17) is 21.1 Å². The predicted octanol–water partition coefficient (Wildman–Crippen LogP) is 3.78. The second-order valence-electron chi connectivity index (χ2n) is 4.84. The Hall–Kier alpha value is -0.930. The van der Waals surface area contributed by atoms with Gasteiger partial charge in [-0.05, 0) is 30.7 Å². The molecule has 0 spiro atoms. The average molecular weight is 284 g/mol. The van der Waals surface area contributed by atoms with Crippen molar-refractivity contribution >= 4 is 11.6 Å². The summed E-state index contributed by atoms with van der Waals surface area (Å²) in [6.07, 6.45) is 4.64. The Kier molecular flexibility index (Phi) is 5.80. The van der Waals surface area contributed by atoms with Crippen LogP contribution in [0.2, 0.25) is 5.02 Å². The van der Waals surface area contributed by atoms with Crippen LogP contribution in [0.1, 0.15) is 38.2 Å². The Labute approximate surface area is 120 Å². The molecule has 19 heavy (non-hydrogen) atoms. The molecule has 0 bridgehead atoms. The van der Waals surface area contributed by atoms with Crippen LogP contribution in [-0.4, -0.2) is 19.8 Å². The summed E-state index contributed by atoms with van der Waals surface area (Å²) in [5, 5.41) is 4.07. The number of benzene rings is 1. The van der Waals surface area contributed by atoms with E-state index in [0.717, 1.165) is 30.8 Å². The van der Waals surface area contributed by atoms with Gasteiger partial charge in [0.05, 0.1) is 18.2 Å². The van der Waals surface area contributed by atoms with Crippen molar-refractivity contribution in [1.29, 1.82) is 0 Å². The summed E-state index contributed by atoms with van der Waals surface area (Å²) in [5.41, 5.74) is 1.14. The van der Waals surface area contributed by atoms with E-state index < -0.39 is 0 Å². The van der Waals surface area contributed by atoms with Gasteiger partial charge in [-0.2, -0.15) is 0 Å². The smallest absolute Gasteiger partial charge is 0.179 e. The van der Waals surface area contributed by atoms with Gasteiger partial charge in [0, 0.05) is 13.0 Å². The molecule has 1 N–H and O–H groups in total. The van der Waals surface area contributed by atoms with Gasteiger partial charge < -0.3 is 14.8 Å². The van der Waals surface area contributed by atoms with E-state index in [1.807, 2.05) is 12.1 Å². The molecule has 1 aromatic carbocycles. The maximum atomic E-state index is 6.25. The maximum absolute atomic E-state index is 6.25. The first-order valence-electron chi connectivity index (χ1n) is 7.10. The lowest BCUT2D eigenvalue weighted by Crippen LogP contribution is -2.14. The van der Waals surface area contributed by atoms with Crippen LogP contribution in [0.15, 0.2) is 12.1 Å². The second-order valence-corrected chi connectivity index (χ2v) is 5.25. The number of nitrogens with one attached hydrogen (secondary N) is 1. The highest BCUT2D eigenvalue weighted by Gasteiger charge is 2.15. The highest BCUT2D eigenvalue weighted by atomic mass is 35.5. The van der Waals surface area contributed by atoms with Crippen LogP contribution in [0.4, 0.5) is 0 Å². The fourth-order valence-corrected chi connectivity index (χ4v) is 2.41. The lowest BCUT2D eigenvalue weighted by molar-refractivity contribution is 0.297. The lowest BCUT2D eigenvalue weighted by atomic mass is 10.2. The molecule has 0 atom stereocenters. The monoisotopic (exact) mass is 283 g/mol. The fraction of sp³-hybridized carbons (Fsp3) is 0.600. The number of halogens is 1. The van der Waals surface area contributed by atoms with Crippen LogP contribution >= 0.6 is 11.6 Å². The quantitative estimate of drug-likeness (QED) is 0.806. The zero-order valence-electron chi connectivity index (χ0n) is 11.5. The first kappa shape index (κ1) is 14.5. The van der Waals surface area contributed by atoms with Crippen LogP contribution in [0.5, 0.6) is 11.5 Å². The van der Waals surface area contributed by atoms with Crippen molar-refractivity contribution in [2.75, 3.05) is 19.8 Å². The van der Waals surface area contributed by atoms with E-state index >= 15 is 0 Å². The molecule has 1 aromatic rings. The Balaban J connectivity index is 1.94. The molecule has 1 heterocycles. The van der Waals surface area contributed by atoms with Gasteiger partial charge in [-0.3, -0.25) is 0 Å². The largest absolute Gasteiger partial charge is 0.489 e. The number of fused-ring (bicyclic) bond motifs is 1. The summed E-state index contributed by atoms with van der Waals surface area (Å²) in [5.74, 6) is 1.46. The summed E-state index contributed by atoms with van der Waals surface area (Å²) < 4.78 is 11.3. The molecule has 2 rings (SSSR count). The van der Waals surface area contributed by atoms with Crippen LogP contribution in [0, 0.1) is 0 Å². The number of hydrogen-bond donors (Lipinski definition) is 1. The van der Waals surface area contributed by atoms with E-state index in [1.54, 1.807) is 0 Å². The molecule has 0 unspecified atom stereocenters. The zero-order chi connectivity index (χ0) is 13.5. The van der Waals surface area contributed by atoms with Gasteiger partial charge in [-0.15, -0.1) is 0 Å². The molecule has 1 aliphatic rings. The van der Waals surface area contributed by atoms with Crippen molar-refractivity contribution < 1.29 is 9.47 Å². The molecule has 4 heteroatoms. The minimum atomic E-state index is 0.643. The summed E-state index contributed by atoms with van der Waals surface area (Å²) in [7, 11) is 0. The summed E-state index contributed by atoms with van der Waals surface area (Å²) >= 11 is 6.25. The zero-order valence-corrected chi connectivity index (χ0v) is 12.3. The third-order valence-electron chi connectivity index (χ3n) is 3.15. The van der Waals surface area contributed by atoms with Gasteiger partial charge in [0.15, 0.2) is 11.5 Å². The van der Waals surface area contributed by atoms with Crippen LogP contribution in [0.25, 0.3) is 0 Å². The van der Waals surface area contributed by atoms with Crippen molar-refractivity contribution in [2.24, 2.45) is 0 Å². The molecule has 1 aliphatic heterocycles. The van der Waals surface area contributed by atoms with Crippen LogP contribution in [0.3, 0.4) is 0 Å². The number of rotatable bonds is 6. The van der Waals surface area contributed by atoms with E-state index in [1.165, 1.54) is 19.3 Å². The summed E-state index contributed by atoms with van der Waals surface area (Å²) in [6, 6.07) is 3.99. The molecular weight excluding hydrogens is 262 g/mol. The Morgan fingerprint density at radius 1 is 1.21 bits per heavy atom. The standard InChI is InChI=1S/C15H22ClNO2/c1-2-3-4-6-17-11-12-9-13(16)15-14(10-12)18-7-5-8-19-15/h9-10,17H,2-8,11H2,1H3. The minimum absolute atomic E-state index is 0.643. The van der Waals surface area contributed by atoms with Crippen molar-refractivity contribution in [1.82, 2.24) is 5.32 Å². The van der Waals surface area contributed by atoms with Gasteiger partial charge in [-0.25, -0.2) is 0 Å². The van der Waals surface area contributed by atoms with Crippen molar-refractivity contribution in [3.8, 4) is 11.5 Å². The highest BCUT2D eigenvalue weighted by Crippen LogP contribution is 2.37. The van der Waals surface area contributed by atoms with Crippen LogP contribution < -0.4 is 14.8 Å². The molecular formula is C15H22ClNO2. The molecule has 0 saturated heterocycles. The minimum Gasteiger partial charge on any atom is -0.489 e. The third-order valence-corrected chi connectivity index (χ3v) is 3.43. The fourth-order valence-electron chi connectivity index (χ4n) is 2.12. The van der Waals surface area contributed by atoms with Crippen LogP contribution in [-0.2, 0) is 6.54 Å².